The Morgan fingerprint density at radius 1 is 0.862 bits per heavy atom. The zero-order chi connectivity index (χ0) is 20.2. The van der Waals surface area contributed by atoms with Crippen LogP contribution in [0.25, 0.3) is 6.08 Å². The molecule has 0 aliphatic carbocycles. The fourth-order valence-corrected chi connectivity index (χ4v) is 4.58. The summed E-state index contributed by atoms with van der Waals surface area (Å²) in [5.74, 6) is -0.234. The Balaban J connectivity index is 1.45. The van der Waals surface area contributed by atoms with Gasteiger partial charge in [0.1, 0.15) is 0 Å². The van der Waals surface area contributed by atoms with E-state index in [2.05, 4.69) is 31.2 Å². The van der Waals surface area contributed by atoms with Gasteiger partial charge >= 0.3 is 0 Å². The minimum Gasteiger partial charge on any atom is -0.268 e. The van der Waals surface area contributed by atoms with E-state index in [-0.39, 0.29) is 11.1 Å². The quantitative estimate of drug-likeness (QED) is 0.451. The fraction of sp³-hybridized carbons (Fsp3) is 0.0833. The van der Waals surface area contributed by atoms with Crippen LogP contribution < -0.4 is 0 Å². The van der Waals surface area contributed by atoms with Crippen molar-refractivity contribution in [1.82, 2.24) is 4.90 Å². The maximum Gasteiger partial charge on any atom is 0.293 e. The number of amides is 2. The summed E-state index contributed by atoms with van der Waals surface area (Å²) in [6, 6.07) is 26.0. The van der Waals surface area contributed by atoms with E-state index in [0.29, 0.717) is 11.4 Å². The van der Waals surface area contributed by atoms with E-state index < -0.39 is 0 Å². The average molecular weight is 418 g/mol. The van der Waals surface area contributed by atoms with Crippen LogP contribution in [-0.4, -0.2) is 16.0 Å². The van der Waals surface area contributed by atoms with Crippen molar-refractivity contribution >= 4 is 40.7 Å². The van der Waals surface area contributed by atoms with Crippen LogP contribution in [0.15, 0.2) is 93.6 Å². The number of thioether (sulfide) groups is 1. The Bertz CT molecular complexity index is 1060. The van der Waals surface area contributed by atoms with E-state index in [9.17, 15) is 9.59 Å². The highest BCUT2D eigenvalue weighted by molar-refractivity contribution is 8.18. The zero-order valence-corrected chi connectivity index (χ0v) is 17.5. The van der Waals surface area contributed by atoms with Gasteiger partial charge in [0.2, 0.25) is 0 Å². The molecule has 1 aliphatic heterocycles. The number of imide groups is 1. The van der Waals surface area contributed by atoms with Crippen molar-refractivity contribution in [3.8, 4) is 0 Å². The number of nitrogens with zero attached hydrogens (tertiary/aromatic N) is 1. The SMILES string of the molecule is Cc1ccc(Sc2ccc(/C=C3\SC(=O)N(Cc4ccccc4)C3=O)cc2)cc1. The molecule has 5 heteroatoms. The third-order valence-electron chi connectivity index (χ3n) is 4.49. The summed E-state index contributed by atoms with van der Waals surface area (Å²) in [5, 5.41) is -0.225. The molecule has 0 bridgehead atoms. The number of hydrogen-bond acceptors (Lipinski definition) is 4. The molecule has 0 unspecified atom stereocenters. The van der Waals surface area contributed by atoms with Crippen molar-refractivity contribution in [2.45, 2.75) is 23.3 Å². The van der Waals surface area contributed by atoms with Crippen molar-refractivity contribution in [3.05, 3.63) is 100 Å². The normalized spacial score (nSPS) is 15.3. The van der Waals surface area contributed by atoms with Crippen molar-refractivity contribution in [3.63, 3.8) is 0 Å². The van der Waals surface area contributed by atoms with Crippen molar-refractivity contribution < 1.29 is 9.59 Å². The minimum atomic E-state index is -0.234. The molecule has 0 radical (unpaired) electrons. The maximum absolute atomic E-state index is 12.7. The first-order chi connectivity index (χ1) is 14.1. The second-order valence-electron chi connectivity index (χ2n) is 6.74. The molecule has 0 spiro atoms. The van der Waals surface area contributed by atoms with E-state index in [1.807, 2.05) is 54.6 Å². The van der Waals surface area contributed by atoms with Gasteiger partial charge in [0.15, 0.2) is 0 Å². The number of aryl methyl sites for hydroxylation is 1. The fourth-order valence-electron chi connectivity index (χ4n) is 2.93. The molecule has 29 heavy (non-hydrogen) atoms. The third kappa shape index (κ3) is 4.81. The van der Waals surface area contributed by atoms with Crippen molar-refractivity contribution in [2.24, 2.45) is 0 Å². The van der Waals surface area contributed by atoms with Crippen molar-refractivity contribution in [1.29, 1.82) is 0 Å². The van der Waals surface area contributed by atoms with Gasteiger partial charge in [0.05, 0.1) is 11.4 Å². The molecule has 0 saturated carbocycles. The molecule has 2 amide bonds. The zero-order valence-electron chi connectivity index (χ0n) is 15.9. The summed E-state index contributed by atoms with van der Waals surface area (Å²) in [6.45, 7) is 2.37. The van der Waals surface area contributed by atoms with Crippen LogP contribution in [0.5, 0.6) is 0 Å². The molecule has 1 saturated heterocycles. The van der Waals surface area contributed by atoms with Gasteiger partial charge in [-0.2, -0.15) is 0 Å². The van der Waals surface area contributed by atoms with Gasteiger partial charge in [-0.05, 0) is 60.2 Å². The van der Waals surface area contributed by atoms with Gasteiger partial charge < -0.3 is 0 Å². The Morgan fingerprint density at radius 3 is 2.14 bits per heavy atom. The number of carbonyl (C=O) groups is 2. The Kier molecular flexibility index (Phi) is 5.88. The van der Waals surface area contributed by atoms with Gasteiger partial charge in [-0.25, -0.2) is 0 Å². The smallest absolute Gasteiger partial charge is 0.268 e. The van der Waals surface area contributed by atoms with Crippen LogP contribution in [0.3, 0.4) is 0 Å². The molecule has 3 aromatic rings. The highest BCUT2D eigenvalue weighted by Gasteiger charge is 2.34. The topological polar surface area (TPSA) is 37.4 Å². The summed E-state index contributed by atoms with van der Waals surface area (Å²) in [6.07, 6.45) is 1.79. The lowest BCUT2D eigenvalue weighted by Crippen LogP contribution is -2.27. The van der Waals surface area contributed by atoms with Gasteiger partial charge in [-0.1, -0.05) is 71.9 Å². The summed E-state index contributed by atoms with van der Waals surface area (Å²) >= 11 is 2.69. The predicted octanol–water partition coefficient (Wildman–Crippen LogP) is 6.38. The van der Waals surface area contributed by atoms with Crippen LogP contribution >= 0.6 is 23.5 Å². The Hall–Kier alpha value is -2.76. The lowest BCUT2D eigenvalue weighted by Gasteiger charge is -2.12. The second-order valence-corrected chi connectivity index (χ2v) is 8.88. The molecule has 3 nitrogen and oxygen atoms in total. The number of rotatable bonds is 5. The Labute approximate surface area is 178 Å². The van der Waals surface area contributed by atoms with Gasteiger partial charge in [-0.15, -0.1) is 0 Å². The highest BCUT2D eigenvalue weighted by Crippen LogP contribution is 2.34. The third-order valence-corrected chi connectivity index (χ3v) is 6.41. The van der Waals surface area contributed by atoms with E-state index >= 15 is 0 Å². The molecule has 4 rings (SSSR count). The molecule has 0 atom stereocenters. The van der Waals surface area contributed by atoms with Crippen LogP contribution in [0, 0.1) is 6.92 Å². The van der Waals surface area contributed by atoms with Gasteiger partial charge in [0.25, 0.3) is 11.1 Å². The lowest BCUT2D eigenvalue weighted by atomic mass is 10.2. The van der Waals surface area contributed by atoms with Crippen LogP contribution in [0.4, 0.5) is 4.79 Å². The standard InChI is InChI=1S/C24H19NO2S2/c1-17-7-11-20(12-8-17)28-21-13-9-18(10-14-21)15-22-23(26)25(24(27)29-22)16-19-5-3-2-4-6-19/h2-15H,16H2,1H3/b22-15-. The minimum absolute atomic E-state index is 0.225. The van der Waals surface area contributed by atoms with E-state index in [1.165, 1.54) is 15.4 Å². The molecule has 0 aromatic heterocycles. The summed E-state index contributed by atoms with van der Waals surface area (Å²) in [4.78, 5) is 29.0. The first kappa shape index (κ1) is 19.6. The maximum atomic E-state index is 12.7. The largest absolute Gasteiger partial charge is 0.293 e. The number of carbonyl (C=O) groups excluding carboxylic acids is 2. The molecular weight excluding hydrogens is 398 g/mol. The van der Waals surface area contributed by atoms with Crippen LogP contribution in [-0.2, 0) is 11.3 Å². The van der Waals surface area contributed by atoms with E-state index in [0.717, 1.165) is 27.8 Å². The van der Waals surface area contributed by atoms with E-state index in [4.69, 9.17) is 0 Å². The summed E-state index contributed by atoms with van der Waals surface area (Å²) in [7, 11) is 0. The molecular formula is C24H19NO2S2. The van der Waals surface area contributed by atoms with Crippen LogP contribution in [0.1, 0.15) is 16.7 Å². The monoisotopic (exact) mass is 417 g/mol. The highest BCUT2D eigenvalue weighted by atomic mass is 32.2. The van der Waals surface area contributed by atoms with Gasteiger partial charge in [0, 0.05) is 9.79 Å². The Morgan fingerprint density at radius 2 is 1.48 bits per heavy atom. The first-order valence-corrected chi connectivity index (χ1v) is 10.9. The lowest BCUT2D eigenvalue weighted by molar-refractivity contribution is -0.123. The van der Waals surface area contributed by atoms with Crippen molar-refractivity contribution in [2.75, 3.05) is 0 Å². The van der Waals surface area contributed by atoms with Crippen LogP contribution in [0.2, 0.25) is 0 Å². The molecule has 144 valence electrons. The predicted molar refractivity (Wildman–Crippen MR) is 120 cm³/mol. The molecule has 1 heterocycles. The van der Waals surface area contributed by atoms with Gasteiger partial charge in [-0.3, -0.25) is 14.5 Å². The first-order valence-electron chi connectivity index (χ1n) is 9.22. The molecule has 0 N–H and O–H groups in total. The molecule has 1 fully saturated rings. The summed E-state index contributed by atoms with van der Waals surface area (Å²) < 4.78 is 0. The molecule has 1 aliphatic rings. The second kappa shape index (κ2) is 8.72. The van der Waals surface area contributed by atoms with E-state index in [1.54, 1.807) is 17.8 Å². The number of benzene rings is 3. The average Bonchev–Trinajstić information content (AvgIpc) is 2.99. The summed E-state index contributed by atoms with van der Waals surface area (Å²) in [5.41, 5.74) is 3.09. The molecule has 3 aromatic carbocycles. The number of hydrogen-bond donors (Lipinski definition) is 0.